The van der Waals surface area contributed by atoms with Crippen LogP contribution in [0.2, 0.25) is 5.02 Å². The normalized spacial score (nSPS) is 12.7. The predicted molar refractivity (Wildman–Crippen MR) is 113 cm³/mol. The summed E-state index contributed by atoms with van der Waals surface area (Å²) in [7, 11) is 0. The van der Waals surface area contributed by atoms with E-state index in [1.165, 1.54) is 17.0 Å². The third-order valence-electron chi connectivity index (χ3n) is 4.98. The van der Waals surface area contributed by atoms with Crippen molar-refractivity contribution in [1.29, 1.82) is 0 Å². The number of hydrogen-bond acceptors (Lipinski definition) is 1. The summed E-state index contributed by atoms with van der Waals surface area (Å²) in [6, 6.07) is 18.6. The first kappa shape index (κ1) is 18.5. The van der Waals surface area contributed by atoms with Crippen molar-refractivity contribution in [2.24, 2.45) is 4.99 Å². The second-order valence-electron chi connectivity index (χ2n) is 6.80. The van der Waals surface area contributed by atoms with Gasteiger partial charge >= 0.3 is 0 Å². The van der Waals surface area contributed by atoms with Gasteiger partial charge in [0.1, 0.15) is 0 Å². The molecule has 0 aliphatic rings. The molecule has 0 bridgehead atoms. The van der Waals surface area contributed by atoms with Crippen molar-refractivity contribution in [1.82, 2.24) is 4.57 Å². The molecule has 1 atom stereocenters. The van der Waals surface area contributed by atoms with Gasteiger partial charge in [-0.3, -0.25) is 4.99 Å². The van der Waals surface area contributed by atoms with Crippen molar-refractivity contribution in [2.45, 2.75) is 40.0 Å². The van der Waals surface area contributed by atoms with E-state index in [0.29, 0.717) is 5.92 Å². The van der Waals surface area contributed by atoms with Crippen LogP contribution in [-0.2, 0) is 0 Å². The molecule has 1 heterocycles. The summed E-state index contributed by atoms with van der Waals surface area (Å²) in [5, 5.41) is 0.749. The zero-order valence-corrected chi connectivity index (χ0v) is 16.6. The average Bonchev–Trinajstić information content (AvgIpc) is 2.94. The van der Waals surface area contributed by atoms with E-state index < -0.39 is 0 Å². The van der Waals surface area contributed by atoms with E-state index in [2.05, 4.69) is 67.6 Å². The summed E-state index contributed by atoms with van der Waals surface area (Å²) < 4.78 is 2.23. The molecule has 1 aromatic heterocycles. The molecule has 26 heavy (non-hydrogen) atoms. The van der Waals surface area contributed by atoms with Crippen molar-refractivity contribution < 1.29 is 0 Å². The lowest BCUT2D eigenvalue weighted by Gasteiger charge is -2.09. The van der Waals surface area contributed by atoms with Gasteiger partial charge in [-0.05, 0) is 74.2 Å². The van der Waals surface area contributed by atoms with Crippen LogP contribution in [0, 0.1) is 13.8 Å². The topological polar surface area (TPSA) is 17.3 Å². The Labute approximate surface area is 161 Å². The maximum absolute atomic E-state index is 6.01. The predicted octanol–water partition coefficient (Wildman–Crippen LogP) is 7.01. The van der Waals surface area contributed by atoms with Gasteiger partial charge in [-0.25, -0.2) is 0 Å². The minimum Gasteiger partial charge on any atom is -0.318 e. The molecule has 3 heteroatoms. The van der Waals surface area contributed by atoms with Crippen LogP contribution in [0.5, 0.6) is 0 Å². The molecule has 0 fully saturated rings. The molecule has 0 N–H and O–H groups in total. The fourth-order valence-corrected chi connectivity index (χ4v) is 3.30. The Kier molecular flexibility index (Phi) is 5.63. The zero-order chi connectivity index (χ0) is 18.7. The van der Waals surface area contributed by atoms with Crippen LogP contribution in [0.4, 0.5) is 5.69 Å². The van der Waals surface area contributed by atoms with Gasteiger partial charge in [0.2, 0.25) is 0 Å². The van der Waals surface area contributed by atoms with E-state index in [4.69, 9.17) is 11.6 Å². The van der Waals surface area contributed by atoms with Gasteiger partial charge in [0.15, 0.2) is 0 Å². The molecule has 134 valence electrons. The van der Waals surface area contributed by atoms with E-state index in [1.54, 1.807) is 0 Å². The molecule has 2 aromatic carbocycles. The van der Waals surface area contributed by atoms with Crippen molar-refractivity contribution in [3.05, 3.63) is 82.1 Å². The summed E-state index contributed by atoms with van der Waals surface area (Å²) in [6.07, 6.45) is 3.10. The quantitative estimate of drug-likeness (QED) is 0.433. The first-order chi connectivity index (χ1) is 12.5. The summed E-state index contributed by atoms with van der Waals surface area (Å²) in [5.74, 6) is 0.589. The third-order valence-corrected chi connectivity index (χ3v) is 5.23. The summed E-state index contributed by atoms with van der Waals surface area (Å²) in [5.41, 5.74) is 6.94. The number of aliphatic imine (C=N–C) groups is 1. The highest BCUT2D eigenvalue weighted by atomic mass is 35.5. The minimum absolute atomic E-state index is 0.589. The number of benzene rings is 2. The summed E-state index contributed by atoms with van der Waals surface area (Å²) >= 11 is 6.01. The van der Waals surface area contributed by atoms with Crippen molar-refractivity contribution in [3.8, 4) is 5.69 Å². The lowest BCUT2D eigenvalue weighted by molar-refractivity contribution is 0.734. The summed E-state index contributed by atoms with van der Waals surface area (Å²) in [6.45, 7) is 8.70. The average molecular weight is 365 g/mol. The van der Waals surface area contributed by atoms with E-state index in [0.717, 1.165) is 28.4 Å². The molecule has 0 aliphatic carbocycles. The molecule has 0 unspecified atom stereocenters. The molecule has 0 saturated heterocycles. The third kappa shape index (κ3) is 3.91. The van der Waals surface area contributed by atoms with E-state index >= 15 is 0 Å². The second-order valence-corrected chi connectivity index (χ2v) is 7.23. The summed E-state index contributed by atoms with van der Waals surface area (Å²) in [4.78, 5) is 4.67. The van der Waals surface area contributed by atoms with Gasteiger partial charge in [0, 0.05) is 33.9 Å². The van der Waals surface area contributed by atoms with Gasteiger partial charge in [0.05, 0.1) is 5.69 Å². The number of halogens is 1. The smallest absolute Gasteiger partial charge is 0.0630 e. The largest absolute Gasteiger partial charge is 0.318 e. The highest BCUT2D eigenvalue weighted by Crippen LogP contribution is 2.24. The lowest BCUT2D eigenvalue weighted by Crippen LogP contribution is -1.99. The zero-order valence-electron chi connectivity index (χ0n) is 15.8. The van der Waals surface area contributed by atoms with Crippen molar-refractivity contribution >= 4 is 23.5 Å². The fourth-order valence-electron chi connectivity index (χ4n) is 3.17. The Morgan fingerprint density at radius 1 is 1.04 bits per heavy atom. The first-order valence-electron chi connectivity index (χ1n) is 9.08. The molecule has 3 rings (SSSR count). The number of aromatic nitrogens is 1. The highest BCUT2D eigenvalue weighted by Gasteiger charge is 2.09. The van der Waals surface area contributed by atoms with Crippen LogP contribution in [0.3, 0.4) is 0 Å². The number of nitrogens with zero attached hydrogens (tertiary/aromatic N) is 2. The van der Waals surface area contributed by atoms with Crippen LogP contribution in [0.1, 0.15) is 48.7 Å². The standard InChI is InChI=1S/C23H25ClN2/c1-5-16(2)19-6-10-22(11-7-19)25-15-20-14-17(3)26(18(20)4)23-12-8-21(24)9-13-23/h6-16H,5H2,1-4H3/t16-/m1/s1. The van der Waals surface area contributed by atoms with E-state index in [1.807, 2.05) is 30.5 Å². The minimum atomic E-state index is 0.589. The number of aryl methyl sites for hydroxylation is 1. The van der Waals surface area contributed by atoms with E-state index in [9.17, 15) is 0 Å². The Morgan fingerprint density at radius 2 is 1.69 bits per heavy atom. The Bertz CT molecular complexity index is 903. The molecule has 0 aliphatic heterocycles. The molecule has 3 aromatic rings. The van der Waals surface area contributed by atoms with Gasteiger partial charge in [-0.15, -0.1) is 0 Å². The van der Waals surface area contributed by atoms with E-state index in [-0.39, 0.29) is 0 Å². The lowest BCUT2D eigenvalue weighted by atomic mass is 9.99. The van der Waals surface area contributed by atoms with Crippen LogP contribution < -0.4 is 0 Å². The highest BCUT2D eigenvalue weighted by molar-refractivity contribution is 6.30. The van der Waals surface area contributed by atoms with Crippen molar-refractivity contribution in [2.75, 3.05) is 0 Å². The SMILES string of the molecule is CC[C@@H](C)c1ccc(N=Cc2cc(C)n(-c3ccc(Cl)cc3)c2C)cc1. The molecular weight excluding hydrogens is 340 g/mol. The monoisotopic (exact) mass is 364 g/mol. The van der Waals surface area contributed by atoms with Gasteiger partial charge in [-0.1, -0.05) is 37.6 Å². The molecule has 0 spiro atoms. The molecule has 0 saturated carbocycles. The Hall–Kier alpha value is -2.32. The van der Waals surface area contributed by atoms with Gasteiger partial charge in [-0.2, -0.15) is 0 Å². The maximum atomic E-state index is 6.01. The van der Waals surface area contributed by atoms with Crippen LogP contribution in [-0.4, -0.2) is 10.8 Å². The van der Waals surface area contributed by atoms with Gasteiger partial charge in [0.25, 0.3) is 0 Å². The molecule has 2 nitrogen and oxygen atoms in total. The Morgan fingerprint density at radius 3 is 2.31 bits per heavy atom. The fraction of sp³-hybridized carbons (Fsp3) is 0.261. The first-order valence-corrected chi connectivity index (χ1v) is 9.46. The number of hydrogen-bond donors (Lipinski definition) is 0. The van der Waals surface area contributed by atoms with Crippen LogP contribution in [0.25, 0.3) is 5.69 Å². The second kappa shape index (κ2) is 7.92. The molecule has 0 amide bonds. The number of rotatable bonds is 5. The molecular formula is C23H25ClN2. The maximum Gasteiger partial charge on any atom is 0.0630 e. The Balaban J connectivity index is 1.85. The molecule has 0 radical (unpaired) electrons. The van der Waals surface area contributed by atoms with Crippen molar-refractivity contribution in [3.63, 3.8) is 0 Å². The van der Waals surface area contributed by atoms with Gasteiger partial charge < -0.3 is 4.57 Å². The van der Waals surface area contributed by atoms with Crippen LogP contribution >= 0.6 is 11.6 Å². The van der Waals surface area contributed by atoms with Crippen LogP contribution in [0.15, 0.2) is 59.6 Å².